The number of nitrogens with one attached hydrogen (secondary N) is 2. The Morgan fingerprint density at radius 3 is 2.63 bits per heavy atom. The number of halogens is 1. The molecule has 0 spiro atoms. The third kappa shape index (κ3) is 8.90. The number of aliphatic hydroxyl groups excluding tert-OH is 1. The van der Waals surface area contributed by atoms with Gasteiger partial charge in [-0.2, -0.15) is 0 Å². The van der Waals surface area contributed by atoms with Crippen molar-refractivity contribution in [3.05, 3.63) is 5.82 Å². The minimum atomic E-state index is 0. The number of aliphatic hydroxyl groups is 1. The van der Waals surface area contributed by atoms with Gasteiger partial charge >= 0.3 is 0 Å². The summed E-state index contributed by atoms with van der Waals surface area (Å²) in [6.45, 7) is 6.97. The van der Waals surface area contributed by atoms with Gasteiger partial charge in [0.05, 0.1) is 0 Å². The van der Waals surface area contributed by atoms with Crippen molar-refractivity contribution >= 4 is 41.7 Å². The molecule has 30 heavy (non-hydrogen) atoms. The Bertz CT molecular complexity index is 600. The lowest BCUT2D eigenvalue weighted by Crippen LogP contribution is -2.38. The van der Waals surface area contributed by atoms with E-state index in [1.54, 1.807) is 11.8 Å². The summed E-state index contributed by atoms with van der Waals surface area (Å²) in [5, 5.41) is 26.0. The molecule has 0 bridgehead atoms. The molecule has 0 aromatic carbocycles. The zero-order valence-electron chi connectivity index (χ0n) is 18.9. The van der Waals surface area contributed by atoms with Crippen LogP contribution in [-0.4, -0.2) is 58.3 Å². The van der Waals surface area contributed by atoms with Crippen LogP contribution in [0.2, 0.25) is 0 Å². The number of aryl methyl sites for hydroxylation is 1. The van der Waals surface area contributed by atoms with Gasteiger partial charge in [-0.15, -0.1) is 34.2 Å². The fraction of sp³-hybridized carbons (Fsp3) is 0.857. The molecule has 0 amide bonds. The van der Waals surface area contributed by atoms with E-state index < -0.39 is 0 Å². The Kier molecular flexibility index (Phi) is 14.8. The van der Waals surface area contributed by atoms with Crippen molar-refractivity contribution in [2.45, 2.75) is 82.8 Å². The van der Waals surface area contributed by atoms with Gasteiger partial charge in [0.25, 0.3) is 0 Å². The molecular formula is C21H41IN6OS. The summed E-state index contributed by atoms with van der Waals surface area (Å²) in [5.74, 6) is 2.44. The van der Waals surface area contributed by atoms with E-state index in [1.165, 1.54) is 25.7 Å². The van der Waals surface area contributed by atoms with Gasteiger partial charge in [0.2, 0.25) is 0 Å². The normalized spacial score (nSPS) is 15.8. The predicted molar refractivity (Wildman–Crippen MR) is 137 cm³/mol. The summed E-state index contributed by atoms with van der Waals surface area (Å²) < 4.78 is 2.39. The van der Waals surface area contributed by atoms with Gasteiger partial charge in [-0.25, -0.2) is 0 Å². The van der Waals surface area contributed by atoms with Gasteiger partial charge in [-0.1, -0.05) is 37.9 Å². The third-order valence-corrected chi connectivity index (χ3v) is 6.21. The molecule has 1 heterocycles. The molecule has 1 aromatic rings. The van der Waals surface area contributed by atoms with Crippen LogP contribution in [-0.2, 0) is 6.42 Å². The first-order valence-corrected chi connectivity index (χ1v) is 12.6. The highest BCUT2D eigenvalue weighted by molar-refractivity contribution is 14.0. The molecular weight excluding hydrogens is 511 g/mol. The van der Waals surface area contributed by atoms with Crippen LogP contribution in [0.25, 0.3) is 0 Å². The zero-order chi connectivity index (χ0) is 20.9. The molecule has 0 saturated heterocycles. The SMILES string of the molecule is CCCC(CCO)CN=C(NCC)NCCCc1nnc(SC)n1C1CCCC1.I. The molecule has 1 atom stereocenters. The largest absolute Gasteiger partial charge is 0.396 e. The highest BCUT2D eigenvalue weighted by Gasteiger charge is 2.23. The molecule has 9 heteroatoms. The molecule has 1 saturated carbocycles. The topological polar surface area (TPSA) is 87.4 Å². The molecule has 3 N–H and O–H groups in total. The van der Waals surface area contributed by atoms with Crippen LogP contribution in [0.15, 0.2) is 10.1 Å². The number of aliphatic imine (C=N–C) groups is 1. The van der Waals surface area contributed by atoms with E-state index in [2.05, 4.69) is 45.5 Å². The summed E-state index contributed by atoms with van der Waals surface area (Å²) in [7, 11) is 0. The van der Waals surface area contributed by atoms with Crippen molar-refractivity contribution in [1.82, 2.24) is 25.4 Å². The van der Waals surface area contributed by atoms with Crippen LogP contribution < -0.4 is 10.6 Å². The van der Waals surface area contributed by atoms with E-state index in [9.17, 15) is 5.11 Å². The number of aromatic nitrogens is 3. The lowest BCUT2D eigenvalue weighted by molar-refractivity contribution is 0.253. The van der Waals surface area contributed by atoms with E-state index in [-0.39, 0.29) is 30.6 Å². The van der Waals surface area contributed by atoms with Crippen molar-refractivity contribution in [3.8, 4) is 0 Å². The Morgan fingerprint density at radius 2 is 2.00 bits per heavy atom. The molecule has 0 radical (unpaired) electrons. The summed E-state index contributed by atoms with van der Waals surface area (Å²) in [6, 6.07) is 0.580. The minimum Gasteiger partial charge on any atom is -0.396 e. The van der Waals surface area contributed by atoms with Crippen LogP contribution in [0.5, 0.6) is 0 Å². The van der Waals surface area contributed by atoms with E-state index >= 15 is 0 Å². The van der Waals surface area contributed by atoms with Crippen LogP contribution in [0.3, 0.4) is 0 Å². The van der Waals surface area contributed by atoms with Gasteiger partial charge in [0, 0.05) is 38.7 Å². The van der Waals surface area contributed by atoms with Crippen LogP contribution in [0.1, 0.15) is 77.1 Å². The molecule has 1 aliphatic rings. The number of rotatable bonds is 13. The third-order valence-electron chi connectivity index (χ3n) is 5.56. The van der Waals surface area contributed by atoms with E-state index in [0.717, 1.165) is 68.7 Å². The highest BCUT2D eigenvalue weighted by atomic mass is 127. The maximum absolute atomic E-state index is 9.24. The van der Waals surface area contributed by atoms with Gasteiger partial charge in [0.15, 0.2) is 11.1 Å². The highest BCUT2D eigenvalue weighted by Crippen LogP contribution is 2.33. The van der Waals surface area contributed by atoms with Gasteiger partial charge < -0.3 is 20.3 Å². The number of hydrogen-bond donors (Lipinski definition) is 3. The summed E-state index contributed by atoms with van der Waals surface area (Å²) in [5.41, 5.74) is 0. The second-order valence-corrected chi connectivity index (χ2v) is 8.60. The lowest BCUT2D eigenvalue weighted by atomic mass is 10.0. The molecule has 174 valence electrons. The molecule has 1 aliphatic carbocycles. The van der Waals surface area contributed by atoms with Crippen molar-refractivity contribution in [3.63, 3.8) is 0 Å². The van der Waals surface area contributed by atoms with Gasteiger partial charge in [-0.05, 0) is 51.2 Å². The second-order valence-electron chi connectivity index (χ2n) is 7.83. The summed E-state index contributed by atoms with van der Waals surface area (Å²) in [4.78, 5) is 4.74. The molecule has 1 unspecified atom stereocenters. The average Bonchev–Trinajstić information content (AvgIpc) is 3.38. The summed E-state index contributed by atoms with van der Waals surface area (Å²) >= 11 is 1.70. The van der Waals surface area contributed by atoms with Crippen molar-refractivity contribution in [1.29, 1.82) is 0 Å². The standard InChI is InChI=1S/C21H40N6OS.HI/c1-4-9-17(13-15-28)16-24-20(22-5-2)23-14-8-12-19-25-26-21(29-3)27(19)18-10-6-7-11-18;/h17-18,28H,4-16H2,1-3H3,(H2,22,23,24);1H. The number of nitrogens with zero attached hydrogens (tertiary/aromatic N) is 4. The molecule has 0 aliphatic heterocycles. The van der Waals surface area contributed by atoms with Crippen LogP contribution >= 0.6 is 35.7 Å². The maximum Gasteiger partial charge on any atom is 0.191 e. The Labute approximate surface area is 203 Å². The first-order chi connectivity index (χ1) is 14.2. The van der Waals surface area contributed by atoms with Crippen molar-refractivity contribution in [2.24, 2.45) is 10.9 Å². The average molecular weight is 553 g/mol. The molecule has 7 nitrogen and oxygen atoms in total. The predicted octanol–water partition coefficient (Wildman–Crippen LogP) is 4.02. The van der Waals surface area contributed by atoms with Gasteiger partial charge in [-0.3, -0.25) is 4.99 Å². The molecule has 1 aromatic heterocycles. The van der Waals surface area contributed by atoms with E-state index in [0.29, 0.717) is 12.0 Å². The Balaban J connectivity index is 0.00000450. The van der Waals surface area contributed by atoms with E-state index in [4.69, 9.17) is 4.99 Å². The Hall–Kier alpha value is -0.550. The number of guanidine groups is 1. The van der Waals surface area contributed by atoms with Crippen LogP contribution in [0.4, 0.5) is 0 Å². The van der Waals surface area contributed by atoms with Crippen LogP contribution in [0, 0.1) is 5.92 Å². The lowest BCUT2D eigenvalue weighted by Gasteiger charge is -2.17. The molecule has 2 rings (SSSR count). The monoisotopic (exact) mass is 552 g/mol. The first-order valence-electron chi connectivity index (χ1n) is 11.3. The van der Waals surface area contributed by atoms with Gasteiger partial charge in [0.1, 0.15) is 5.82 Å². The second kappa shape index (κ2) is 16.1. The van der Waals surface area contributed by atoms with Crippen molar-refractivity contribution < 1.29 is 5.11 Å². The smallest absolute Gasteiger partial charge is 0.191 e. The molecule has 1 fully saturated rings. The minimum absolute atomic E-state index is 0. The quantitative estimate of drug-likeness (QED) is 0.113. The van der Waals surface area contributed by atoms with E-state index in [1.807, 2.05) is 0 Å². The maximum atomic E-state index is 9.24. The van der Waals surface area contributed by atoms with Crippen molar-refractivity contribution in [2.75, 3.05) is 32.5 Å². The zero-order valence-corrected chi connectivity index (χ0v) is 22.0. The first kappa shape index (κ1) is 27.5. The number of hydrogen-bond acceptors (Lipinski definition) is 5. The number of thioether (sulfide) groups is 1. The fourth-order valence-corrected chi connectivity index (χ4v) is 4.65. The Morgan fingerprint density at radius 1 is 1.23 bits per heavy atom. The summed E-state index contributed by atoms with van der Waals surface area (Å²) in [6.07, 6.45) is 12.2. The fourth-order valence-electron chi connectivity index (χ4n) is 4.08.